The molecule has 0 aromatic heterocycles. The fourth-order valence-electron chi connectivity index (χ4n) is 4.26. The van der Waals surface area contributed by atoms with Gasteiger partial charge in [-0.3, -0.25) is 5.32 Å². The molecule has 36 heavy (non-hydrogen) atoms. The molecular weight excluding hydrogens is 454 g/mol. The van der Waals surface area contributed by atoms with Crippen molar-refractivity contribution in [2.45, 2.75) is 71.1 Å². The van der Waals surface area contributed by atoms with Gasteiger partial charge in [0.25, 0.3) is 0 Å². The van der Waals surface area contributed by atoms with Crippen LogP contribution in [0.2, 0.25) is 0 Å². The van der Waals surface area contributed by atoms with Gasteiger partial charge in [-0.15, -0.1) is 4.99 Å². The van der Waals surface area contributed by atoms with Crippen LogP contribution in [-0.4, -0.2) is 61.4 Å². The molecule has 4 unspecified atom stereocenters. The van der Waals surface area contributed by atoms with Crippen LogP contribution in [0.1, 0.15) is 52.0 Å². The number of phenols is 1. The zero-order valence-electron chi connectivity index (χ0n) is 22.2. The minimum absolute atomic E-state index is 0.105. The van der Waals surface area contributed by atoms with Crippen molar-refractivity contribution in [3.05, 3.63) is 59.7 Å². The molecule has 0 radical (unpaired) electrons. The fourth-order valence-corrected chi connectivity index (χ4v) is 4.26. The number of benzene rings is 1. The van der Waals surface area contributed by atoms with E-state index < -0.39 is 0 Å². The third kappa shape index (κ3) is 8.50. The Kier molecular flexibility index (Phi) is 11.0. The van der Waals surface area contributed by atoms with Crippen LogP contribution in [0.3, 0.4) is 0 Å². The van der Waals surface area contributed by atoms with Crippen molar-refractivity contribution in [1.82, 2.24) is 10.6 Å². The Balaban J connectivity index is 1.49. The number of allylic oxidation sites excluding steroid dienone is 1. The number of aliphatic imine (C=N–C) groups is 1. The number of aliphatic hydroxyl groups excluding tert-OH is 1. The summed E-state index contributed by atoms with van der Waals surface area (Å²) in [5.41, 5.74) is 2.24. The molecule has 1 aromatic rings. The number of hydrogen-bond acceptors (Lipinski definition) is 7. The third-order valence-corrected chi connectivity index (χ3v) is 6.57. The second-order valence-electron chi connectivity index (χ2n) is 9.81. The largest absolute Gasteiger partial charge is 0.592 e. The lowest BCUT2D eigenvalue weighted by atomic mass is 10.00. The standard InChI is InChI=1S/C29H43N3O4/c1-5-6-7-24-11-12-25(36-24)10-8-22-9-13-28(34)29(14-22)35-19-27(30-4)26-15-23(18-32-26)20(2)16-31-17-21(3)33/h9,11-15,18,20-21,24,27,30-31,33-34H,5-8,10,16-17,19H2,1-4H3. The van der Waals surface area contributed by atoms with E-state index in [-0.39, 0.29) is 29.9 Å². The summed E-state index contributed by atoms with van der Waals surface area (Å²) in [5.74, 6) is 1.91. The highest BCUT2D eigenvalue weighted by Gasteiger charge is 2.32. The van der Waals surface area contributed by atoms with Gasteiger partial charge in [0.15, 0.2) is 23.8 Å². The van der Waals surface area contributed by atoms with Crippen LogP contribution >= 0.6 is 0 Å². The van der Waals surface area contributed by atoms with Crippen LogP contribution in [0.15, 0.2) is 46.7 Å². The number of ether oxygens (including phenoxy) is 2. The van der Waals surface area contributed by atoms with Gasteiger partial charge in [0.2, 0.25) is 0 Å². The Bertz CT molecular complexity index is 912. The lowest BCUT2D eigenvalue weighted by molar-refractivity contribution is 0.147. The maximum atomic E-state index is 10.4. The maximum Gasteiger partial charge on any atom is 0.176 e. The highest BCUT2D eigenvalue weighted by Crippen LogP contribution is 2.30. The highest BCUT2D eigenvalue weighted by atomic mass is 16.5. The number of unbranched alkanes of at least 4 members (excludes halogenated alkanes) is 1. The molecule has 0 fully saturated rings. The molecular formula is C29H43N3O4. The van der Waals surface area contributed by atoms with Gasteiger partial charge in [-0.1, -0.05) is 38.0 Å². The quantitative estimate of drug-likeness (QED) is 0.257. The SMILES string of the molecule is CCCCC1[CH-]C=C(CCc2ccc(O)c(OCC(NC)[C+]3C=C(C(C)CNCC(C)O)C=N3)c2)O1. The van der Waals surface area contributed by atoms with E-state index >= 15 is 0 Å². The second kappa shape index (κ2) is 14.2. The summed E-state index contributed by atoms with van der Waals surface area (Å²) in [4.78, 5) is 4.60. The van der Waals surface area contributed by atoms with Crippen LogP contribution in [0, 0.1) is 18.4 Å². The van der Waals surface area contributed by atoms with E-state index in [4.69, 9.17) is 9.47 Å². The van der Waals surface area contributed by atoms with Gasteiger partial charge in [0.05, 0.1) is 18.1 Å². The lowest BCUT2D eigenvalue weighted by Gasteiger charge is -2.21. The van der Waals surface area contributed by atoms with Gasteiger partial charge in [0, 0.05) is 19.2 Å². The summed E-state index contributed by atoms with van der Waals surface area (Å²) < 4.78 is 12.1. The van der Waals surface area contributed by atoms with Gasteiger partial charge in [-0.2, -0.15) is 12.5 Å². The first-order valence-electron chi connectivity index (χ1n) is 13.2. The molecule has 0 aliphatic carbocycles. The molecule has 1 aromatic carbocycles. The zero-order valence-corrected chi connectivity index (χ0v) is 22.2. The van der Waals surface area contributed by atoms with E-state index in [2.05, 4.69) is 48.0 Å². The van der Waals surface area contributed by atoms with Crippen molar-refractivity contribution in [2.24, 2.45) is 10.9 Å². The van der Waals surface area contributed by atoms with Crippen molar-refractivity contribution in [1.29, 1.82) is 0 Å². The number of aliphatic hydroxyl groups is 1. The summed E-state index contributed by atoms with van der Waals surface area (Å²) in [6.07, 6.45) is 13.2. The van der Waals surface area contributed by atoms with Crippen molar-refractivity contribution in [3.8, 4) is 11.5 Å². The first kappa shape index (κ1) is 28.0. The topological polar surface area (TPSA) is 95.3 Å². The van der Waals surface area contributed by atoms with Gasteiger partial charge < -0.3 is 25.0 Å². The van der Waals surface area contributed by atoms with Crippen molar-refractivity contribution >= 4 is 6.21 Å². The molecule has 4 atom stereocenters. The third-order valence-electron chi connectivity index (χ3n) is 6.57. The van der Waals surface area contributed by atoms with Crippen molar-refractivity contribution in [2.75, 3.05) is 26.7 Å². The molecule has 0 amide bonds. The Hall–Kier alpha value is -2.61. The first-order chi connectivity index (χ1) is 17.4. The molecule has 7 nitrogen and oxygen atoms in total. The monoisotopic (exact) mass is 497 g/mol. The van der Waals surface area contributed by atoms with Crippen LogP contribution in [0.25, 0.3) is 0 Å². The summed E-state index contributed by atoms with van der Waals surface area (Å²) in [7, 11) is 1.88. The molecule has 0 saturated heterocycles. The van der Waals surface area contributed by atoms with Gasteiger partial charge in [-0.25, -0.2) is 0 Å². The number of aromatic hydroxyl groups is 1. The second-order valence-corrected chi connectivity index (χ2v) is 9.81. The van der Waals surface area contributed by atoms with Crippen LogP contribution in [0.4, 0.5) is 0 Å². The number of likely N-dealkylation sites (N-methyl/N-ethyl adjacent to an activating group) is 1. The predicted octanol–water partition coefficient (Wildman–Crippen LogP) is 4.12. The minimum atomic E-state index is -0.360. The molecule has 0 spiro atoms. The van der Waals surface area contributed by atoms with Crippen LogP contribution in [-0.2, 0) is 11.2 Å². The number of nitrogens with one attached hydrogen (secondary N) is 2. The molecule has 0 saturated carbocycles. The Morgan fingerprint density at radius 2 is 2.08 bits per heavy atom. The normalized spacial score (nSPS) is 19.4. The van der Waals surface area contributed by atoms with E-state index in [9.17, 15) is 10.2 Å². The van der Waals surface area contributed by atoms with Crippen molar-refractivity contribution in [3.63, 3.8) is 0 Å². The van der Waals surface area contributed by atoms with E-state index in [0.717, 1.165) is 48.7 Å². The zero-order chi connectivity index (χ0) is 25.9. The Morgan fingerprint density at radius 1 is 1.25 bits per heavy atom. The van der Waals surface area contributed by atoms with E-state index in [1.54, 1.807) is 13.0 Å². The number of aryl methyl sites for hydroxylation is 1. The van der Waals surface area contributed by atoms with Gasteiger partial charge in [0.1, 0.15) is 18.2 Å². The summed E-state index contributed by atoms with van der Waals surface area (Å²) >= 11 is 0. The average molecular weight is 498 g/mol. The van der Waals surface area contributed by atoms with Gasteiger partial charge >= 0.3 is 0 Å². The summed E-state index contributed by atoms with van der Waals surface area (Å²) in [5, 5.41) is 26.3. The molecule has 198 valence electrons. The molecule has 2 aliphatic rings. The van der Waals surface area contributed by atoms with E-state index in [1.165, 1.54) is 12.8 Å². The van der Waals surface area contributed by atoms with Crippen LogP contribution in [0.5, 0.6) is 11.5 Å². The summed E-state index contributed by atoms with van der Waals surface area (Å²) in [6.45, 7) is 7.80. The molecule has 7 heteroatoms. The van der Waals surface area contributed by atoms with Crippen molar-refractivity contribution < 1.29 is 19.7 Å². The maximum absolute atomic E-state index is 10.4. The molecule has 2 aliphatic heterocycles. The molecule has 3 rings (SSSR count). The minimum Gasteiger partial charge on any atom is -0.592 e. The number of rotatable bonds is 16. The molecule has 4 N–H and O–H groups in total. The summed E-state index contributed by atoms with van der Waals surface area (Å²) in [6, 6.07) is 6.34. The average Bonchev–Trinajstić information content (AvgIpc) is 3.53. The Labute approximate surface area is 216 Å². The van der Waals surface area contributed by atoms with E-state index in [1.807, 2.05) is 25.4 Å². The molecule has 0 bridgehead atoms. The Morgan fingerprint density at radius 3 is 2.83 bits per heavy atom. The van der Waals surface area contributed by atoms with Crippen LogP contribution < -0.4 is 15.4 Å². The predicted molar refractivity (Wildman–Crippen MR) is 145 cm³/mol. The van der Waals surface area contributed by atoms with E-state index in [0.29, 0.717) is 18.9 Å². The number of phenolic OH excluding ortho intramolecular Hbond substituents is 1. The first-order valence-corrected chi connectivity index (χ1v) is 13.2. The number of hydrogen-bond donors (Lipinski definition) is 4. The number of nitrogens with zero attached hydrogens (tertiary/aromatic N) is 1. The molecule has 2 heterocycles. The van der Waals surface area contributed by atoms with Gasteiger partial charge in [-0.05, 0) is 51.4 Å². The lowest BCUT2D eigenvalue weighted by Crippen LogP contribution is -2.36. The highest BCUT2D eigenvalue weighted by molar-refractivity contribution is 5.84. The fraction of sp³-hybridized carbons (Fsp3) is 0.552. The smallest absolute Gasteiger partial charge is 0.176 e.